The van der Waals surface area contributed by atoms with Gasteiger partial charge in [0.15, 0.2) is 0 Å². The molecule has 0 saturated carbocycles. The highest BCUT2D eigenvalue weighted by Crippen LogP contribution is 2.35. The summed E-state index contributed by atoms with van der Waals surface area (Å²) >= 11 is 0. The minimum Gasteiger partial charge on any atom is -0.282 e. The third-order valence-corrected chi connectivity index (χ3v) is 5.39. The van der Waals surface area contributed by atoms with Crippen LogP contribution in [0.2, 0.25) is 0 Å². The lowest BCUT2D eigenvalue weighted by Gasteiger charge is -2.25. The van der Waals surface area contributed by atoms with E-state index in [0.717, 1.165) is 0 Å². The molecule has 0 aliphatic carbocycles. The van der Waals surface area contributed by atoms with Gasteiger partial charge in [0.1, 0.15) is 0 Å². The Kier molecular flexibility index (Phi) is 5.69. The van der Waals surface area contributed by atoms with Crippen LogP contribution in [0.5, 0.6) is 0 Å². The normalized spacial score (nSPS) is 25.0. The Morgan fingerprint density at radius 1 is 0.880 bits per heavy atom. The van der Waals surface area contributed by atoms with E-state index in [1.54, 1.807) is 0 Å². The number of rotatable bonds is 6. The summed E-state index contributed by atoms with van der Waals surface area (Å²) in [6.45, 7) is 10.6. The monoisotopic (exact) mass is 350 g/mol. The maximum absolute atomic E-state index is 12.4. The molecule has 140 valence electrons. The van der Waals surface area contributed by atoms with Gasteiger partial charge in [0.05, 0.1) is 5.92 Å². The van der Waals surface area contributed by atoms with Crippen LogP contribution in [0.3, 0.4) is 0 Å². The summed E-state index contributed by atoms with van der Waals surface area (Å²) in [7, 11) is 0. The fourth-order valence-corrected chi connectivity index (χ4v) is 3.60. The Balaban J connectivity index is 1.82. The standard InChI is InChI=1S/C19H30N2O4/c1-12(2)13-10-15(22)20(17(13)24)8-6-7-9-21-16(23)11-14(18(21)25)19(3,4)5/h12-14H,6-11H2,1-5H3. The van der Waals surface area contributed by atoms with Crippen molar-refractivity contribution >= 4 is 23.6 Å². The van der Waals surface area contributed by atoms with Gasteiger partial charge in [-0.1, -0.05) is 34.6 Å². The number of amides is 4. The van der Waals surface area contributed by atoms with Gasteiger partial charge in [-0.15, -0.1) is 0 Å². The van der Waals surface area contributed by atoms with E-state index in [1.165, 1.54) is 9.80 Å². The average molecular weight is 350 g/mol. The zero-order chi connectivity index (χ0) is 18.9. The number of likely N-dealkylation sites (tertiary alicyclic amines) is 2. The van der Waals surface area contributed by atoms with E-state index in [9.17, 15) is 19.2 Å². The van der Waals surface area contributed by atoms with Crippen molar-refractivity contribution in [3.8, 4) is 0 Å². The van der Waals surface area contributed by atoms with Crippen molar-refractivity contribution in [1.29, 1.82) is 0 Å². The van der Waals surface area contributed by atoms with Crippen LogP contribution in [0, 0.1) is 23.2 Å². The molecule has 4 amide bonds. The first kappa shape index (κ1) is 19.6. The minimum absolute atomic E-state index is 0.0823. The summed E-state index contributed by atoms with van der Waals surface area (Å²) in [4.78, 5) is 51.5. The first-order valence-electron chi connectivity index (χ1n) is 9.22. The first-order valence-corrected chi connectivity index (χ1v) is 9.22. The first-order chi connectivity index (χ1) is 11.5. The summed E-state index contributed by atoms with van der Waals surface area (Å²) in [6.07, 6.45) is 1.80. The Morgan fingerprint density at radius 2 is 1.36 bits per heavy atom. The van der Waals surface area contributed by atoms with Gasteiger partial charge >= 0.3 is 0 Å². The maximum atomic E-state index is 12.4. The second-order valence-electron chi connectivity index (χ2n) is 8.65. The second kappa shape index (κ2) is 7.26. The third kappa shape index (κ3) is 4.10. The predicted molar refractivity (Wildman–Crippen MR) is 93.2 cm³/mol. The molecule has 0 N–H and O–H groups in total. The van der Waals surface area contributed by atoms with Crippen LogP contribution in [0.25, 0.3) is 0 Å². The molecule has 0 aromatic heterocycles. The van der Waals surface area contributed by atoms with Crippen molar-refractivity contribution in [2.75, 3.05) is 13.1 Å². The van der Waals surface area contributed by atoms with Crippen LogP contribution in [0.1, 0.15) is 60.3 Å². The van der Waals surface area contributed by atoms with Gasteiger partial charge in [0, 0.05) is 31.8 Å². The van der Waals surface area contributed by atoms with Crippen LogP contribution in [0.4, 0.5) is 0 Å². The Hall–Kier alpha value is -1.72. The number of unbranched alkanes of at least 4 members (excludes halogenated alkanes) is 1. The van der Waals surface area contributed by atoms with E-state index in [2.05, 4.69) is 0 Å². The molecule has 2 saturated heterocycles. The molecule has 0 bridgehead atoms. The summed E-state index contributed by atoms with van der Waals surface area (Å²) in [5.74, 6) is -0.694. The van der Waals surface area contributed by atoms with Gasteiger partial charge in [-0.3, -0.25) is 29.0 Å². The molecule has 6 heteroatoms. The number of hydrogen-bond acceptors (Lipinski definition) is 4. The lowest BCUT2D eigenvalue weighted by molar-refractivity contribution is -0.142. The van der Waals surface area contributed by atoms with Crippen LogP contribution >= 0.6 is 0 Å². The molecule has 25 heavy (non-hydrogen) atoms. The predicted octanol–water partition coefficient (Wildman–Crippen LogP) is 2.22. The van der Waals surface area contributed by atoms with E-state index in [4.69, 9.17) is 0 Å². The molecule has 2 aliphatic heterocycles. The van der Waals surface area contributed by atoms with Crippen molar-refractivity contribution < 1.29 is 19.2 Å². The Bertz CT molecular complexity index is 576. The Labute approximate surface area is 149 Å². The zero-order valence-corrected chi connectivity index (χ0v) is 16.0. The van der Waals surface area contributed by atoms with E-state index >= 15 is 0 Å². The number of carbonyl (C=O) groups excluding carboxylic acids is 4. The number of imide groups is 2. The molecule has 6 nitrogen and oxygen atoms in total. The van der Waals surface area contributed by atoms with Crippen LogP contribution in [0.15, 0.2) is 0 Å². The van der Waals surface area contributed by atoms with Gasteiger partial charge in [0.2, 0.25) is 23.6 Å². The van der Waals surface area contributed by atoms with Crippen molar-refractivity contribution in [2.24, 2.45) is 23.2 Å². The lowest BCUT2D eigenvalue weighted by atomic mass is 9.80. The van der Waals surface area contributed by atoms with Crippen molar-refractivity contribution in [3.63, 3.8) is 0 Å². The molecule has 2 rings (SSSR count). The average Bonchev–Trinajstić information content (AvgIpc) is 2.94. The Morgan fingerprint density at radius 3 is 1.76 bits per heavy atom. The van der Waals surface area contributed by atoms with E-state index < -0.39 is 0 Å². The second-order valence-corrected chi connectivity index (χ2v) is 8.65. The molecule has 0 aromatic carbocycles. The minimum atomic E-state index is -0.256. The van der Waals surface area contributed by atoms with Crippen molar-refractivity contribution in [2.45, 2.75) is 60.3 Å². The molecule has 2 atom stereocenters. The molecule has 2 fully saturated rings. The van der Waals surface area contributed by atoms with Crippen LogP contribution < -0.4 is 0 Å². The van der Waals surface area contributed by atoms with Gasteiger partial charge in [-0.25, -0.2) is 0 Å². The van der Waals surface area contributed by atoms with E-state index in [0.29, 0.717) is 32.4 Å². The number of nitrogens with zero attached hydrogens (tertiary/aromatic N) is 2. The zero-order valence-electron chi connectivity index (χ0n) is 16.0. The van der Waals surface area contributed by atoms with Gasteiger partial charge in [0.25, 0.3) is 0 Å². The quantitative estimate of drug-likeness (QED) is 0.544. The molecular formula is C19H30N2O4. The molecule has 0 aromatic rings. The lowest BCUT2D eigenvalue weighted by Crippen LogP contribution is -2.36. The molecule has 0 radical (unpaired) electrons. The highest BCUT2D eigenvalue weighted by molar-refractivity contribution is 6.04. The summed E-state index contributed by atoms with van der Waals surface area (Å²) in [5, 5.41) is 0. The van der Waals surface area contributed by atoms with Gasteiger partial charge < -0.3 is 0 Å². The number of carbonyl (C=O) groups is 4. The SMILES string of the molecule is CC(C)C1CC(=O)N(CCCCN2C(=O)CC(C(C)(C)C)C2=O)C1=O. The topological polar surface area (TPSA) is 74.8 Å². The van der Waals surface area contributed by atoms with Crippen molar-refractivity contribution in [1.82, 2.24) is 9.80 Å². The molecular weight excluding hydrogens is 320 g/mol. The van der Waals surface area contributed by atoms with Gasteiger partial charge in [-0.2, -0.15) is 0 Å². The van der Waals surface area contributed by atoms with Gasteiger partial charge in [-0.05, 0) is 24.2 Å². The molecule has 2 unspecified atom stereocenters. The molecule has 2 aliphatic rings. The largest absolute Gasteiger partial charge is 0.282 e. The van der Waals surface area contributed by atoms with Crippen molar-refractivity contribution in [3.05, 3.63) is 0 Å². The maximum Gasteiger partial charge on any atom is 0.233 e. The third-order valence-electron chi connectivity index (χ3n) is 5.39. The highest BCUT2D eigenvalue weighted by atomic mass is 16.2. The summed E-state index contributed by atoms with van der Waals surface area (Å²) < 4.78 is 0. The summed E-state index contributed by atoms with van der Waals surface area (Å²) in [6, 6.07) is 0. The number of hydrogen-bond donors (Lipinski definition) is 0. The van der Waals surface area contributed by atoms with E-state index in [1.807, 2.05) is 34.6 Å². The van der Waals surface area contributed by atoms with Crippen LogP contribution in [-0.4, -0.2) is 46.5 Å². The summed E-state index contributed by atoms with van der Waals surface area (Å²) in [5.41, 5.74) is -0.220. The van der Waals surface area contributed by atoms with Crippen LogP contribution in [-0.2, 0) is 19.2 Å². The molecule has 2 heterocycles. The fourth-order valence-electron chi connectivity index (χ4n) is 3.60. The fraction of sp³-hybridized carbons (Fsp3) is 0.789. The van der Waals surface area contributed by atoms with E-state index in [-0.39, 0.29) is 53.2 Å². The smallest absolute Gasteiger partial charge is 0.233 e. The highest BCUT2D eigenvalue weighted by Gasteiger charge is 2.44. The molecule has 0 spiro atoms.